The van der Waals surface area contributed by atoms with Gasteiger partial charge in [0.05, 0.1) is 11.6 Å². The fourth-order valence-electron chi connectivity index (χ4n) is 3.31. The zero-order valence-corrected chi connectivity index (χ0v) is 19.3. The van der Waals surface area contributed by atoms with Gasteiger partial charge >= 0.3 is 0 Å². The molecule has 1 fully saturated rings. The molecule has 2 aromatic carbocycles. The first kappa shape index (κ1) is 23.0. The molecule has 0 atom stereocenters. The van der Waals surface area contributed by atoms with Crippen molar-refractivity contribution in [3.05, 3.63) is 63.6 Å². The molecule has 0 unspecified atom stereocenters. The van der Waals surface area contributed by atoms with Crippen LogP contribution in [0.3, 0.4) is 0 Å². The van der Waals surface area contributed by atoms with Gasteiger partial charge in [0.1, 0.15) is 4.90 Å². The molecule has 2 aromatic rings. The molecule has 30 heavy (non-hydrogen) atoms. The molecular weight excluding hydrogens is 445 g/mol. The molecule has 1 amide bonds. The van der Waals surface area contributed by atoms with E-state index < -0.39 is 10.0 Å². The number of likely N-dealkylation sites (N-methyl/N-ethyl adjacent to an activating group) is 1. The normalized spacial score (nSPS) is 15.9. The number of aryl methyl sites for hydroxylation is 1. The molecule has 0 aliphatic carbocycles. The molecule has 0 saturated carbocycles. The molecule has 9 heteroatoms. The second kappa shape index (κ2) is 9.66. The highest BCUT2D eigenvalue weighted by molar-refractivity contribution is 7.89. The topological polar surface area (TPSA) is 60.9 Å². The molecule has 1 saturated heterocycles. The highest BCUT2D eigenvalue weighted by Gasteiger charge is 2.31. The number of rotatable bonds is 6. The third kappa shape index (κ3) is 5.53. The Morgan fingerprint density at radius 2 is 1.67 bits per heavy atom. The number of hydrogen-bond acceptors (Lipinski definition) is 4. The van der Waals surface area contributed by atoms with Crippen molar-refractivity contribution in [3.8, 4) is 0 Å². The first-order chi connectivity index (χ1) is 14.2. The van der Waals surface area contributed by atoms with Gasteiger partial charge in [-0.2, -0.15) is 4.31 Å². The summed E-state index contributed by atoms with van der Waals surface area (Å²) in [4.78, 5) is 16.3. The minimum atomic E-state index is -3.73. The number of benzene rings is 2. The van der Waals surface area contributed by atoms with E-state index in [1.807, 2.05) is 36.1 Å². The van der Waals surface area contributed by atoms with Crippen molar-refractivity contribution in [1.29, 1.82) is 0 Å². The minimum Gasteiger partial charge on any atom is -0.340 e. The standard InChI is InChI=1S/C21H25Cl2N3O3S/c1-16-3-5-17(6-4-16)14-24(2)21(27)15-25-9-11-26(12-10-25)30(28,29)20-13-18(22)7-8-19(20)23/h3-8,13H,9-12,14-15H2,1-2H3. The van der Waals surface area contributed by atoms with Gasteiger partial charge in [0.15, 0.2) is 0 Å². The molecular formula is C21H25Cl2N3O3S. The van der Waals surface area contributed by atoms with Crippen molar-refractivity contribution in [2.45, 2.75) is 18.4 Å². The summed E-state index contributed by atoms with van der Waals surface area (Å²) in [6.07, 6.45) is 0. The predicted octanol–water partition coefficient (Wildman–Crippen LogP) is 3.27. The summed E-state index contributed by atoms with van der Waals surface area (Å²) in [7, 11) is -1.95. The van der Waals surface area contributed by atoms with Crippen LogP contribution in [0.25, 0.3) is 0 Å². The van der Waals surface area contributed by atoms with Crippen LogP contribution in [0.5, 0.6) is 0 Å². The van der Waals surface area contributed by atoms with Gasteiger partial charge < -0.3 is 4.90 Å². The van der Waals surface area contributed by atoms with Crippen LogP contribution in [0.1, 0.15) is 11.1 Å². The summed E-state index contributed by atoms with van der Waals surface area (Å²) in [5.74, 6) is 0.00441. The number of carbonyl (C=O) groups excluding carboxylic acids is 1. The highest BCUT2D eigenvalue weighted by Crippen LogP contribution is 2.28. The maximum Gasteiger partial charge on any atom is 0.244 e. The van der Waals surface area contributed by atoms with Crippen molar-refractivity contribution in [2.24, 2.45) is 0 Å². The molecule has 0 radical (unpaired) electrons. The van der Waals surface area contributed by atoms with Crippen LogP contribution >= 0.6 is 23.2 Å². The van der Waals surface area contributed by atoms with E-state index in [0.29, 0.717) is 37.7 Å². The number of nitrogens with zero attached hydrogens (tertiary/aromatic N) is 3. The third-order valence-corrected chi connectivity index (χ3v) is 7.78. The zero-order chi connectivity index (χ0) is 21.9. The summed E-state index contributed by atoms with van der Waals surface area (Å²) in [5, 5.41) is 0.466. The van der Waals surface area contributed by atoms with Gasteiger partial charge in [0, 0.05) is 44.8 Å². The quantitative estimate of drug-likeness (QED) is 0.651. The summed E-state index contributed by atoms with van der Waals surface area (Å²) >= 11 is 12.0. The monoisotopic (exact) mass is 469 g/mol. The second-order valence-electron chi connectivity index (χ2n) is 7.49. The Kier molecular flexibility index (Phi) is 7.42. The third-order valence-electron chi connectivity index (χ3n) is 5.17. The fourth-order valence-corrected chi connectivity index (χ4v) is 5.47. The Balaban J connectivity index is 1.55. The lowest BCUT2D eigenvalue weighted by atomic mass is 10.1. The van der Waals surface area contributed by atoms with Crippen LogP contribution in [0.15, 0.2) is 47.4 Å². The van der Waals surface area contributed by atoms with Gasteiger partial charge in [0.2, 0.25) is 15.9 Å². The molecule has 0 N–H and O–H groups in total. The second-order valence-corrected chi connectivity index (χ2v) is 10.2. The predicted molar refractivity (Wildman–Crippen MR) is 119 cm³/mol. The molecule has 1 aliphatic heterocycles. The van der Waals surface area contributed by atoms with Crippen molar-refractivity contribution in [2.75, 3.05) is 39.8 Å². The van der Waals surface area contributed by atoms with E-state index in [-0.39, 0.29) is 22.4 Å². The van der Waals surface area contributed by atoms with Crippen LogP contribution < -0.4 is 0 Å². The van der Waals surface area contributed by atoms with Gasteiger partial charge in [-0.05, 0) is 30.7 Å². The Morgan fingerprint density at radius 3 is 2.30 bits per heavy atom. The molecule has 6 nitrogen and oxygen atoms in total. The number of piperazine rings is 1. The zero-order valence-electron chi connectivity index (χ0n) is 17.0. The summed E-state index contributed by atoms with van der Waals surface area (Å²) < 4.78 is 27.2. The SMILES string of the molecule is Cc1ccc(CN(C)C(=O)CN2CCN(S(=O)(=O)c3cc(Cl)ccc3Cl)CC2)cc1. The lowest BCUT2D eigenvalue weighted by molar-refractivity contribution is -0.131. The van der Waals surface area contributed by atoms with E-state index in [1.54, 1.807) is 18.0 Å². The van der Waals surface area contributed by atoms with Crippen LogP contribution in [0.2, 0.25) is 10.0 Å². The maximum absolute atomic E-state index is 12.9. The summed E-state index contributed by atoms with van der Waals surface area (Å²) in [5.41, 5.74) is 2.25. The van der Waals surface area contributed by atoms with Gasteiger partial charge in [0.25, 0.3) is 0 Å². The van der Waals surface area contributed by atoms with Crippen molar-refractivity contribution in [1.82, 2.24) is 14.1 Å². The van der Waals surface area contributed by atoms with Gasteiger partial charge in [-0.3, -0.25) is 9.69 Å². The van der Waals surface area contributed by atoms with Crippen LogP contribution in [-0.4, -0.2) is 68.2 Å². The van der Waals surface area contributed by atoms with Gasteiger partial charge in [-0.15, -0.1) is 0 Å². The lowest BCUT2D eigenvalue weighted by Crippen LogP contribution is -2.51. The van der Waals surface area contributed by atoms with Crippen molar-refractivity contribution in [3.63, 3.8) is 0 Å². The summed E-state index contributed by atoms with van der Waals surface area (Å²) in [6, 6.07) is 12.5. The maximum atomic E-state index is 12.9. The van der Waals surface area contributed by atoms with Crippen LogP contribution in [-0.2, 0) is 21.4 Å². The first-order valence-corrected chi connectivity index (χ1v) is 11.8. The van der Waals surface area contributed by atoms with E-state index in [4.69, 9.17) is 23.2 Å². The van der Waals surface area contributed by atoms with E-state index in [0.717, 1.165) is 5.56 Å². The molecule has 162 valence electrons. The van der Waals surface area contributed by atoms with Gasteiger partial charge in [-0.25, -0.2) is 8.42 Å². The van der Waals surface area contributed by atoms with Crippen molar-refractivity contribution >= 4 is 39.1 Å². The Morgan fingerprint density at radius 1 is 1.03 bits per heavy atom. The average Bonchev–Trinajstić information content (AvgIpc) is 2.71. The largest absolute Gasteiger partial charge is 0.340 e. The van der Waals surface area contributed by atoms with Crippen LogP contribution in [0.4, 0.5) is 0 Å². The number of halogens is 2. The van der Waals surface area contributed by atoms with Crippen LogP contribution in [0, 0.1) is 6.92 Å². The molecule has 1 aliphatic rings. The minimum absolute atomic E-state index is 0.00441. The lowest BCUT2D eigenvalue weighted by Gasteiger charge is -2.34. The van der Waals surface area contributed by atoms with E-state index >= 15 is 0 Å². The molecule has 3 rings (SSSR count). The Bertz CT molecular complexity index is 1000. The Hall–Kier alpha value is -1.64. The number of carbonyl (C=O) groups is 1. The van der Waals surface area contributed by atoms with E-state index in [9.17, 15) is 13.2 Å². The van der Waals surface area contributed by atoms with E-state index in [1.165, 1.54) is 22.0 Å². The van der Waals surface area contributed by atoms with E-state index in [2.05, 4.69) is 0 Å². The molecule has 1 heterocycles. The number of amides is 1. The molecule has 0 bridgehead atoms. The average molecular weight is 470 g/mol. The highest BCUT2D eigenvalue weighted by atomic mass is 35.5. The summed E-state index contributed by atoms with van der Waals surface area (Å²) in [6.45, 7) is 4.36. The fraction of sp³-hybridized carbons (Fsp3) is 0.381. The smallest absolute Gasteiger partial charge is 0.244 e. The molecule has 0 aromatic heterocycles. The van der Waals surface area contributed by atoms with Gasteiger partial charge in [-0.1, -0.05) is 53.0 Å². The van der Waals surface area contributed by atoms with Crippen molar-refractivity contribution < 1.29 is 13.2 Å². The number of hydrogen-bond donors (Lipinski definition) is 0. The Labute approximate surface area is 188 Å². The number of sulfonamides is 1. The molecule has 0 spiro atoms. The first-order valence-electron chi connectivity index (χ1n) is 9.64.